The summed E-state index contributed by atoms with van der Waals surface area (Å²) in [7, 11) is 0. The van der Waals surface area contributed by atoms with E-state index in [1.165, 1.54) is 6.92 Å². The van der Waals surface area contributed by atoms with E-state index in [0.29, 0.717) is 12.0 Å². The first kappa shape index (κ1) is 11.7. The molecule has 0 saturated carbocycles. The van der Waals surface area contributed by atoms with Crippen molar-refractivity contribution in [3.8, 4) is 0 Å². The lowest BCUT2D eigenvalue weighted by Gasteiger charge is -2.07. The highest BCUT2D eigenvalue weighted by Gasteiger charge is 2.13. The highest BCUT2D eigenvalue weighted by Crippen LogP contribution is 2.16. The first-order valence-electron chi connectivity index (χ1n) is 4.47. The van der Waals surface area contributed by atoms with Crippen molar-refractivity contribution in [2.45, 2.75) is 20.3 Å². The standard InChI is InChI=1S/C11H11ClO3/c1-7(13)6-9-4-3-5-10(8(9)2)11(14)15-12/h3-5H,6H2,1-2H3. The smallest absolute Gasteiger partial charge is 0.343 e. The van der Waals surface area contributed by atoms with Gasteiger partial charge in [0.2, 0.25) is 0 Å². The fraction of sp³-hybridized carbons (Fsp3) is 0.273. The molecule has 80 valence electrons. The maximum Gasteiger partial charge on any atom is 0.356 e. The summed E-state index contributed by atoms with van der Waals surface area (Å²) in [6.07, 6.45) is 0.315. The van der Waals surface area contributed by atoms with Gasteiger partial charge in [0.15, 0.2) is 0 Å². The Labute approximate surface area is 93.2 Å². The molecule has 0 aliphatic heterocycles. The van der Waals surface area contributed by atoms with Crippen molar-refractivity contribution in [3.05, 3.63) is 34.9 Å². The monoisotopic (exact) mass is 226 g/mol. The van der Waals surface area contributed by atoms with Crippen LogP contribution in [0.25, 0.3) is 0 Å². The minimum Gasteiger partial charge on any atom is -0.343 e. The minimum absolute atomic E-state index is 0.0505. The number of Topliss-reactive ketones (excluding diaryl/α,β-unsaturated/α-hetero) is 1. The molecule has 0 radical (unpaired) electrons. The predicted molar refractivity (Wildman–Crippen MR) is 56.8 cm³/mol. The van der Waals surface area contributed by atoms with E-state index in [4.69, 9.17) is 11.9 Å². The van der Waals surface area contributed by atoms with Gasteiger partial charge in [0, 0.05) is 6.42 Å². The van der Waals surface area contributed by atoms with Gasteiger partial charge in [-0.3, -0.25) is 4.79 Å². The summed E-state index contributed by atoms with van der Waals surface area (Å²) < 4.78 is 4.13. The van der Waals surface area contributed by atoms with Crippen LogP contribution in [0.3, 0.4) is 0 Å². The SMILES string of the molecule is CC(=O)Cc1cccc(C(=O)OCl)c1C. The molecule has 0 atom stereocenters. The molecule has 0 bridgehead atoms. The summed E-state index contributed by atoms with van der Waals surface area (Å²) in [6, 6.07) is 5.12. The van der Waals surface area contributed by atoms with Gasteiger partial charge in [0.25, 0.3) is 0 Å². The van der Waals surface area contributed by atoms with Crippen LogP contribution >= 0.6 is 11.9 Å². The maximum absolute atomic E-state index is 11.2. The van der Waals surface area contributed by atoms with E-state index < -0.39 is 5.97 Å². The summed E-state index contributed by atoms with van der Waals surface area (Å²) in [5.74, 6) is -0.547. The van der Waals surface area contributed by atoms with Crippen LogP contribution in [0.4, 0.5) is 0 Å². The molecule has 3 nitrogen and oxygen atoms in total. The van der Waals surface area contributed by atoms with Gasteiger partial charge in [0.1, 0.15) is 17.6 Å². The third-order valence-electron chi connectivity index (χ3n) is 2.18. The van der Waals surface area contributed by atoms with Crippen molar-refractivity contribution in [2.75, 3.05) is 0 Å². The van der Waals surface area contributed by atoms with Gasteiger partial charge in [-0.2, -0.15) is 0 Å². The zero-order valence-electron chi connectivity index (χ0n) is 8.54. The summed E-state index contributed by atoms with van der Waals surface area (Å²) in [4.78, 5) is 22.2. The molecule has 4 heteroatoms. The number of carbonyl (C=O) groups is 2. The molecule has 1 aromatic carbocycles. The first-order chi connectivity index (χ1) is 7.06. The first-order valence-corrected chi connectivity index (χ1v) is 4.78. The number of carbonyl (C=O) groups excluding carboxylic acids is 2. The lowest BCUT2D eigenvalue weighted by molar-refractivity contribution is -0.116. The average Bonchev–Trinajstić information content (AvgIpc) is 2.19. The molecule has 0 aliphatic rings. The Kier molecular flexibility index (Phi) is 3.86. The minimum atomic E-state index is -0.598. The number of halogens is 1. The summed E-state index contributed by atoms with van der Waals surface area (Å²) in [6.45, 7) is 3.27. The summed E-state index contributed by atoms with van der Waals surface area (Å²) in [5.41, 5.74) is 1.95. The summed E-state index contributed by atoms with van der Waals surface area (Å²) in [5, 5.41) is 0. The molecule has 0 fully saturated rings. The Morgan fingerprint density at radius 3 is 2.60 bits per heavy atom. The van der Waals surface area contributed by atoms with Crippen LogP contribution < -0.4 is 0 Å². The van der Waals surface area contributed by atoms with Gasteiger partial charge in [-0.1, -0.05) is 12.1 Å². The number of ketones is 1. The van der Waals surface area contributed by atoms with Gasteiger partial charge in [-0.15, -0.1) is 0 Å². The Morgan fingerprint density at radius 1 is 1.40 bits per heavy atom. The molecule has 15 heavy (non-hydrogen) atoms. The zero-order valence-corrected chi connectivity index (χ0v) is 9.30. The second-order valence-electron chi connectivity index (χ2n) is 3.33. The Balaban J connectivity index is 3.11. The molecule has 0 N–H and O–H groups in total. The fourth-order valence-corrected chi connectivity index (χ4v) is 1.49. The predicted octanol–water partition coefficient (Wildman–Crippen LogP) is 2.44. The van der Waals surface area contributed by atoms with Crippen LogP contribution in [0.1, 0.15) is 28.4 Å². The second kappa shape index (κ2) is 4.94. The van der Waals surface area contributed by atoms with Gasteiger partial charge in [-0.25, -0.2) is 4.79 Å². The van der Waals surface area contributed by atoms with Gasteiger partial charge >= 0.3 is 5.97 Å². The van der Waals surface area contributed by atoms with E-state index >= 15 is 0 Å². The number of hydrogen-bond acceptors (Lipinski definition) is 3. The van der Waals surface area contributed by atoms with Crippen molar-refractivity contribution in [2.24, 2.45) is 0 Å². The third kappa shape index (κ3) is 2.80. The van der Waals surface area contributed by atoms with Crippen molar-refractivity contribution < 1.29 is 13.9 Å². The van der Waals surface area contributed by atoms with Gasteiger partial charge in [-0.05, 0) is 31.0 Å². The lowest BCUT2D eigenvalue weighted by atomic mass is 9.99. The number of hydrogen-bond donors (Lipinski definition) is 0. The van der Waals surface area contributed by atoms with E-state index in [-0.39, 0.29) is 5.78 Å². The fourth-order valence-electron chi connectivity index (χ4n) is 1.41. The molecule has 0 saturated heterocycles. The Hall–Kier alpha value is -1.35. The maximum atomic E-state index is 11.2. The van der Waals surface area contributed by atoms with Gasteiger partial charge in [0.05, 0.1) is 5.56 Å². The third-order valence-corrected chi connectivity index (χ3v) is 2.32. The Morgan fingerprint density at radius 2 is 2.07 bits per heavy atom. The van der Waals surface area contributed by atoms with Crippen LogP contribution in [-0.4, -0.2) is 11.8 Å². The van der Waals surface area contributed by atoms with E-state index in [1.807, 2.05) is 6.07 Å². The molecular formula is C11H11ClO3. The average molecular weight is 227 g/mol. The van der Waals surface area contributed by atoms with Crippen LogP contribution in [0, 0.1) is 6.92 Å². The molecule has 1 rings (SSSR count). The van der Waals surface area contributed by atoms with E-state index in [9.17, 15) is 9.59 Å². The molecule has 0 spiro atoms. The van der Waals surface area contributed by atoms with E-state index in [1.54, 1.807) is 19.1 Å². The largest absolute Gasteiger partial charge is 0.356 e. The van der Waals surface area contributed by atoms with Crippen LogP contribution in [0.2, 0.25) is 0 Å². The van der Waals surface area contributed by atoms with Crippen LogP contribution in [-0.2, 0) is 15.5 Å². The number of rotatable bonds is 3. The molecule has 1 aromatic rings. The van der Waals surface area contributed by atoms with Crippen molar-refractivity contribution in [1.82, 2.24) is 0 Å². The molecule has 0 heterocycles. The topological polar surface area (TPSA) is 43.4 Å². The van der Waals surface area contributed by atoms with Gasteiger partial charge < -0.3 is 4.29 Å². The van der Waals surface area contributed by atoms with Crippen LogP contribution in [0.15, 0.2) is 18.2 Å². The Bertz CT molecular complexity index is 399. The summed E-state index contributed by atoms with van der Waals surface area (Å²) >= 11 is 5.00. The molecule has 0 aliphatic carbocycles. The highest BCUT2D eigenvalue weighted by molar-refractivity contribution is 6.16. The molecular weight excluding hydrogens is 216 g/mol. The van der Waals surface area contributed by atoms with E-state index in [0.717, 1.165) is 11.1 Å². The zero-order chi connectivity index (χ0) is 11.4. The quantitative estimate of drug-likeness (QED) is 0.795. The van der Waals surface area contributed by atoms with Crippen LogP contribution in [0.5, 0.6) is 0 Å². The molecule has 0 unspecified atom stereocenters. The highest BCUT2D eigenvalue weighted by atomic mass is 35.5. The lowest BCUT2D eigenvalue weighted by Crippen LogP contribution is -2.06. The second-order valence-corrected chi connectivity index (χ2v) is 3.49. The molecule has 0 aromatic heterocycles. The van der Waals surface area contributed by atoms with E-state index in [2.05, 4.69) is 4.29 Å². The van der Waals surface area contributed by atoms with Crippen molar-refractivity contribution >= 4 is 23.6 Å². The van der Waals surface area contributed by atoms with Crippen molar-refractivity contribution in [1.29, 1.82) is 0 Å². The number of benzene rings is 1. The normalized spacial score (nSPS) is 9.80. The van der Waals surface area contributed by atoms with Crippen molar-refractivity contribution in [3.63, 3.8) is 0 Å². The molecule has 0 amide bonds.